The highest BCUT2D eigenvalue weighted by molar-refractivity contribution is 6.20. The number of nitrogens with one attached hydrogen (secondary N) is 1. The number of nitrogens with zero attached hydrogens (tertiary/aromatic N) is 5. The minimum atomic E-state index is -1.30. The molecule has 1 N–H and O–H groups in total. The van der Waals surface area contributed by atoms with Gasteiger partial charge < -0.3 is 29.3 Å². The van der Waals surface area contributed by atoms with E-state index in [1.165, 1.54) is 4.90 Å². The van der Waals surface area contributed by atoms with Crippen molar-refractivity contribution in [2.75, 3.05) is 34.7 Å². The van der Waals surface area contributed by atoms with Gasteiger partial charge in [0.05, 0.1) is 42.2 Å². The van der Waals surface area contributed by atoms with Crippen LogP contribution in [0.2, 0.25) is 0 Å². The SMILES string of the molecule is CN(C)C(=O)C1=CN2C3CCC(C(=O)N(C)C)CC3OC3C(NCCCn4ccnc4)C(F)CC(C1=O)C32. The molecule has 208 valence electrons. The predicted octanol–water partition coefficient (Wildman–Crippen LogP) is 0.839. The molecule has 0 spiro atoms. The molecule has 10 nitrogen and oxygen atoms in total. The number of hydrogen-bond acceptors (Lipinski definition) is 7. The zero-order valence-corrected chi connectivity index (χ0v) is 22.6. The molecule has 38 heavy (non-hydrogen) atoms. The van der Waals surface area contributed by atoms with Gasteiger partial charge in [-0.2, -0.15) is 0 Å². The van der Waals surface area contributed by atoms with Gasteiger partial charge in [-0.15, -0.1) is 0 Å². The van der Waals surface area contributed by atoms with E-state index in [9.17, 15) is 14.4 Å². The maximum absolute atomic E-state index is 15.8. The summed E-state index contributed by atoms with van der Waals surface area (Å²) in [5, 5.41) is 3.39. The van der Waals surface area contributed by atoms with Gasteiger partial charge in [0.1, 0.15) is 6.17 Å². The summed E-state index contributed by atoms with van der Waals surface area (Å²) < 4.78 is 24.4. The minimum absolute atomic E-state index is 0.0518. The molecule has 1 aromatic rings. The van der Waals surface area contributed by atoms with E-state index < -0.39 is 24.2 Å². The summed E-state index contributed by atoms with van der Waals surface area (Å²) >= 11 is 0. The Bertz CT molecular complexity index is 1080. The van der Waals surface area contributed by atoms with E-state index in [0.717, 1.165) is 13.0 Å². The number of fused-ring (bicyclic) bond motifs is 2. The van der Waals surface area contributed by atoms with E-state index in [4.69, 9.17) is 4.74 Å². The fourth-order valence-electron chi connectivity index (χ4n) is 6.78. The van der Waals surface area contributed by atoms with Crippen LogP contribution < -0.4 is 5.32 Å². The highest BCUT2D eigenvalue weighted by Crippen LogP contribution is 2.46. The molecule has 11 heteroatoms. The third kappa shape index (κ3) is 4.86. The van der Waals surface area contributed by atoms with Gasteiger partial charge in [0.2, 0.25) is 5.91 Å². The second-order valence-electron chi connectivity index (χ2n) is 11.5. The average molecular weight is 531 g/mol. The van der Waals surface area contributed by atoms with Crippen LogP contribution >= 0.6 is 0 Å². The lowest BCUT2D eigenvalue weighted by Crippen LogP contribution is -2.73. The Morgan fingerprint density at radius 2 is 1.97 bits per heavy atom. The summed E-state index contributed by atoms with van der Waals surface area (Å²) in [5.41, 5.74) is 0.112. The first-order valence-corrected chi connectivity index (χ1v) is 13.6. The van der Waals surface area contributed by atoms with Crippen molar-refractivity contribution >= 4 is 17.6 Å². The number of morpholine rings is 1. The first-order chi connectivity index (χ1) is 18.2. The molecule has 2 saturated carbocycles. The number of Topliss-reactive ketones (excluding diaryl/α,β-unsaturated/α-hetero) is 1. The summed E-state index contributed by atoms with van der Waals surface area (Å²) in [5.74, 6) is -1.40. The van der Waals surface area contributed by atoms with Crippen LogP contribution in [0.1, 0.15) is 32.1 Å². The number of carbonyl (C=O) groups is 3. The molecule has 2 aliphatic heterocycles. The number of imidazole rings is 1. The molecular weight excluding hydrogens is 491 g/mol. The number of aryl methyl sites for hydroxylation is 1. The van der Waals surface area contributed by atoms with Crippen LogP contribution in [-0.4, -0.2) is 113 Å². The lowest BCUT2D eigenvalue weighted by atomic mass is 9.69. The largest absolute Gasteiger partial charge is 0.369 e. The first kappa shape index (κ1) is 26.8. The van der Waals surface area contributed by atoms with Gasteiger partial charge in [0.25, 0.3) is 5.91 Å². The van der Waals surface area contributed by atoms with Crippen LogP contribution in [-0.2, 0) is 25.7 Å². The van der Waals surface area contributed by atoms with E-state index in [-0.39, 0.29) is 53.7 Å². The van der Waals surface area contributed by atoms with Gasteiger partial charge >= 0.3 is 0 Å². The van der Waals surface area contributed by atoms with E-state index >= 15 is 4.39 Å². The van der Waals surface area contributed by atoms with Crippen LogP contribution in [0.3, 0.4) is 0 Å². The Morgan fingerprint density at radius 1 is 1.18 bits per heavy atom. The third-order valence-electron chi connectivity index (χ3n) is 8.63. The van der Waals surface area contributed by atoms with Crippen LogP contribution in [0.25, 0.3) is 0 Å². The number of carbonyl (C=O) groups excluding carboxylic acids is 3. The zero-order chi connectivity index (χ0) is 27.1. The predicted molar refractivity (Wildman–Crippen MR) is 138 cm³/mol. The summed E-state index contributed by atoms with van der Waals surface area (Å²) in [6.45, 7) is 1.35. The number of aromatic nitrogens is 2. The quantitative estimate of drug-likeness (QED) is 0.412. The fraction of sp³-hybridized carbons (Fsp3) is 0.704. The maximum atomic E-state index is 15.8. The Hall–Kier alpha value is -2.79. The van der Waals surface area contributed by atoms with Crippen LogP contribution in [0.4, 0.5) is 4.39 Å². The van der Waals surface area contributed by atoms with E-state index in [2.05, 4.69) is 15.2 Å². The lowest BCUT2D eigenvalue weighted by Gasteiger charge is -2.59. The first-order valence-electron chi connectivity index (χ1n) is 13.6. The number of ether oxygens (including phenoxy) is 1. The van der Waals surface area contributed by atoms with Gasteiger partial charge in [0, 0.05) is 65.2 Å². The topological polar surface area (TPSA) is 100 Å². The summed E-state index contributed by atoms with van der Waals surface area (Å²) in [7, 11) is 6.75. The molecule has 5 rings (SSSR count). The van der Waals surface area contributed by atoms with Crippen LogP contribution in [0.15, 0.2) is 30.5 Å². The summed E-state index contributed by atoms with van der Waals surface area (Å²) in [4.78, 5) is 48.5. The average Bonchev–Trinajstić information content (AvgIpc) is 3.41. The zero-order valence-electron chi connectivity index (χ0n) is 22.6. The van der Waals surface area contributed by atoms with Crippen LogP contribution in [0.5, 0.6) is 0 Å². The van der Waals surface area contributed by atoms with Gasteiger partial charge in [-0.05, 0) is 38.6 Å². The molecule has 0 bridgehead atoms. The molecule has 2 aliphatic carbocycles. The third-order valence-corrected chi connectivity index (χ3v) is 8.63. The second-order valence-corrected chi connectivity index (χ2v) is 11.5. The molecule has 8 atom stereocenters. The van der Waals surface area contributed by atoms with E-state index in [0.29, 0.717) is 25.8 Å². The molecule has 2 amide bonds. The number of likely N-dealkylation sites (N-methyl/N-ethyl adjacent to an activating group) is 1. The van der Waals surface area contributed by atoms with Gasteiger partial charge in [-0.3, -0.25) is 14.4 Å². The Morgan fingerprint density at radius 3 is 2.66 bits per heavy atom. The van der Waals surface area contributed by atoms with Crippen molar-refractivity contribution in [3.05, 3.63) is 30.5 Å². The van der Waals surface area contributed by atoms with Gasteiger partial charge in [-0.1, -0.05) is 0 Å². The smallest absolute Gasteiger partial charge is 0.258 e. The normalized spacial score (nSPS) is 34.2. The molecule has 3 heterocycles. The molecule has 4 aliphatic rings. The van der Waals surface area contributed by atoms with Crippen molar-refractivity contribution in [1.29, 1.82) is 0 Å². The number of amides is 2. The number of hydrogen-bond donors (Lipinski definition) is 1. The minimum Gasteiger partial charge on any atom is -0.369 e. The summed E-state index contributed by atoms with van der Waals surface area (Å²) in [6, 6.07) is -0.998. The maximum Gasteiger partial charge on any atom is 0.258 e. The monoisotopic (exact) mass is 530 g/mol. The van der Waals surface area contributed by atoms with Gasteiger partial charge in [0.15, 0.2) is 5.78 Å². The second kappa shape index (κ2) is 10.8. The molecule has 8 unspecified atom stereocenters. The van der Waals surface area contributed by atoms with Crippen molar-refractivity contribution in [3.8, 4) is 0 Å². The van der Waals surface area contributed by atoms with Gasteiger partial charge in [-0.25, -0.2) is 9.37 Å². The highest BCUT2D eigenvalue weighted by Gasteiger charge is 2.59. The lowest BCUT2D eigenvalue weighted by molar-refractivity contribution is -0.202. The standard InChI is InChI=1S/C27H39FN6O4/c1-31(2)26(36)16-6-7-20-21(12-16)38-25-22(30-8-5-10-33-11-9-29-15-33)19(28)13-17-23(25)34(20)14-18(24(17)35)27(37)32(3)4/h9,11,14-17,19-23,25,30H,5-8,10,12-13H2,1-4H3. The molecule has 1 saturated heterocycles. The number of rotatable bonds is 7. The number of ketones is 1. The molecule has 1 aromatic heterocycles. The van der Waals surface area contributed by atoms with Crippen molar-refractivity contribution in [1.82, 2.24) is 29.6 Å². The highest BCUT2D eigenvalue weighted by atomic mass is 19.1. The fourth-order valence-corrected chi connectivity index (χ4v) is 6.78. The van der Waals surface area contributed by atoms with Crippen LogP contribution in [0, 0.1) is 11.8 Å². The number of halogens is 1. The molecular formula is C27H39FN6O4. The van der Waals surface area contributed by atoms with E-state index in [1.807, 2.05) is 10.8 Å². The Labute approximate surface area is 223 Å². The summed E-state index contributed by atoms with van der Waals surface area (Å²) in [6.07, 6.45) is 7.73. The molecule has 3 fully saturated rings. The van der Waals surface area contributed by atoms with Crippen molar-refractivity contribution in [2.24, 2.45) is 11.8 Å². The Balaban J connectivity index is 1.41. The number of alkyl halides is 1. The van der Waals surface area contributed by atoms with E-state index in [1.54, 1.807) is 51.8 Å². The van der Waals surface area contributed by atoms with Crippen molar-refractivity contribution in [3.63, 3.8) is 0 Å². The van der Waals surface area contributed by atoms with Crippen molar-refractivity contribution in [2.45, 2.75) is 75.2 Å². The molecule has 0 aromatic carbocycles. The van der Waals surface area contributed by atoms with Crippen molar-refractivity contribution < 1.29 is 23.5 Å². The Kier molecular flexibility index (Phi) is 7.59. The molecule has 0 radical (unpaired) electrons.